The number of hydrogen-bond acceptors (Lipinski definition) is 4. The Morgan fingerprint density at radius 1 is 0.871 bits per heavy atom. The number of esters is 1. The van der Waals surface area contributed by atoms with Gasteiger partial charge in [0, 0.05) is 5.56 Å². The Morgan fingerprint density at radius 2 is 1.61 bits per heavy atom. The van der Waals surface area contributed by atoms with E-state index in [1.54, 1.807) is 42.5 Å². The summed E-state index contributed by atoms with van der Waals surface area (Å²) < 4.78 is 5.40. The van der Waals surface area contributed by atoms with E-state index in [0.29, 0.717) is 16.9 Å². The van der Waals surface area contributed by atoms with Gasteiger partial charge in [0.25, 0.3) is 5.91 Å². The third kappa shape index (κ3) is 4.85. The Balaban J connectivity index is 1.38. The van der Waals surface area contributed by atoms with Gasteiger partial charge in [-0.3, -0.25) is 4.79 Å². The van der Waals surface area contributed by atoms with Gasteiger partial charge in [0.15, 0.2) is 0 Å². The van der Waals surface area contributed by atoms with E-state index in [1.807, 2.05) is 55.5 Å². The molecule has 0 saturated carbocycles. The molecule has 4 aromatic carbocycles. The van der Waals surface area contributed by atoms with Crippen LogP contribution in [0.2, 0.25) is 0 Å². The van der Waals surface area contributed by atoms with Crippen LogP contribution in [0.1, 0.15) is 31.8 Å². The van der Waals surface area contributed by atoms with E-state index in [-0.39, 0.29) is 5.91 Å². The van der Waals surface area contributed by atoms with Crippen molar-refractivity contribution >= 4 is 28.9 Å². The molecule has 152 valence electrons. The van der Waals surface area contributed by atoms with E-state index >= 15 is 0 Å². The number of fused-ring (bicyclic) bond motifs is 1. The topological polar surface area (TPSA) is 67.8 Å². The monoisotopic (exact) mass is 408 g/mol. The second-order valence-corrected chi connectivity index (χ2v) is 7.05. The molecular formula is C26H20N2O3. The lowest BCUT2D eigenvalue weighted by Gasteiger charge is -2.06. The second kappa shape index (κ2) is 9.05. The third-order valence-electron chi connectivity index (χ3n) is 4.76. The highest BCUT2D eigenvalue weighted by Gasteiger charge is 2.09. The molecule has 0 radical (unpaired) electrons. The minimum atomic E-state index is -0.410. The highest BCUT2D eigenvalue weighted by Crippen LogP contribution is 2.18. The Bertz CT molecular complexity index is 1270. The Kier molecular flexibility index (Phi) is 5.85. The highest BCUT2D eigenvalue weighted by atomic mass is 16.5. The molecule has 4 aromatic rings. The molecule has 0 bridgehead atoms. The van der Waals surface area contributed by atoms with Crippen LogP contribution in [0.4, 0.5) is 0 Å². The first kappa shape index (κ1) is 20.0. The van der Waals surface area contributed by atoms with E-state index < -0.39 is 5.97 Å². The summed E-state index contributed by atoms with van der Waals surface area (Å²) in [5, 5.41) is 5.91. The number of carbonyl (C=O) groups is 2. The molecule has 0 aromatic heterocycles. The molecule has 5 nitrogen and oxygen atoms in total. The minimum Gasteiger partial charge on any atom is -0.423 e. The Morgan fingerprint density at radius 3 is 2.42 bits per heavy atom. The van der Waals surface area contributed by atoms with Crippen molar-refractivity contribution < 1.29 is 14.3 Å². The van der Waals surface area contributed by atoms with Gasteiger partial charge in [0.2, 0.25) is 0 Å². The van der Waals surface area contributed by atoms with E-state index in [0.717, 1.165) is 21.9 Å². The first-order valence-electron chi connectivity index (χ1n) is 9.80. The fourth-order valence-corrected chi connectivity index (χ4v) is 3.21. The number of rotatable bonds is 5. The van der Waals surface area contributed by atoms with Gasteiger partial charge < -0.3 is 4.74 Å². The average Bonchev–Trinajstić information content (AvgIpc) is 2.79. The summed E-state index contributed by atoms with van der Waals surface area (Å²) in [6.07, 6.45) is 1.54. The molecule has 0 saturated heterocycles. The van der Waals surface area contributed by atoms with Crippen molar-refractivity contribution in [3.05, 3.63) is 113 Å². The van der Waals surface area contributed by atoms with Crippen molar-refractivity contribution in [1.82, 2.24) is 5.43 Å². The van der Waals surface area contributed by atoms with Gasteiger partial charge in [-0.05, 0) is 65.7 Å². The predicted molar refractivity (Wildman–Crippen MR) is 122 cm³/mol. The van der Waals surface area contributed by atoms with Crippen molar-refractivity contribution in [1.29, 1.82) is 0 Å². The third-order valence-corrected chi connectivity index (χ3v) is 4.76. The predicted octanol–water partition coefficient (Wildman–Crippen LogP) is 5.13. The number of hydrogen-bond donors (Lipinski definition) is 1. The molecule has 0 aliphatic carbocycles. The summed E-state index contributed by atoms with van der Waals surface area (Å²) in [7, 11) is 0. The quantitative estimate of drug-likeness (QED) is 0.215. The minimum absolute atomic E-state index is 0.281. The number of nitrogens with zero attached hydrogens (tertiary/aromatic N) is 1. The van der Waals surface area contributed by atoms with E-state index in [1.165, 1.54) is 6.21 Å². The first-order valence-corrected chi connectivity index (χ1v) is 9.80. The summed E-state index contributed by atoms with van der Waals surface area (Å²) in [5.41, 5.74) is 5.37. The van der Waals surface area contributed by atoms with E-state index in [4.69, 9.17) is 4.74 Å². The summed E-state index contributed by atoms with van der Waals surface area (Å²) in [6, 6.07) is 27.4. The van der Waals surface area contributed by atoms with Crippen molar-refractivity contribution in [2.75, 3.05) is 0 Å². The van der Waals surface area contributed by atoms with Gasteiger partial charge in [0.05, 0.1) is 11.8 Å². The average molecular weight is 408 g/mol. The van der Waals surface area contributed by atoms with Crippen molar-refractivity contribution in [3.8, 4) is 5.75 Å². The molecule has 0 atom stereocenters. The second-order valence-electron chi connectivity index (χ2n) is 7.05. The molecule has 0 heterocycles. The maximum absolute atomic E-state index is 12.5. The number of amides is 1. The Hall–Kier alpha value is -4.25. The summed E-state index contributed by atoms with van der Waals surface area (Å²) in [5.74, 6) is -0.257. The molecule has 0 spiro atoms. The van der Waals surface area contributed by atoms with Crippen LogP contribution in [0.15, 0.2) is 96.1 Å². The number of aryl methyl sites for hydroxylation is 1. The zero-order chi connectivity index (χ0) is 21.6. The standard InChI is InChI=1S/C26H20N2O3/c1-18-6-4-9-21(16-18)26(30)31-22-14-12-19(13-15-22)17-27-28-25(29)24-11-5-8-20-7-2-3-10-23(20)24/h2-17H,1H3,(H,28,29)/b27-17-. The van der Waals surface area contributed by atoms with Crippen LogP contribution >= 0.6 is 0 Å². The van der Waals surface area contributed by atoms with Crippen LogP contribution in [-0.4, -0.2) is 18.1 Å². The molecule has 4 rings (SSSR count). The molecule has 0 unspecified atom stereocenters. The zero-order valence-corrected chi connectivity index (χ0v) is 16.9. The van der Waals surface area contributed by atoms with Crippen LogP contribution in [0.5, 0.6) is 5.75 Å². The largest absolute Gasteiger partial charge is 0.423 e. The molecule has 31 heavy (non-hydrogen) atoms. The molecule has 1 amide bonds. The van der Waals surface area contributed by atoms with Crippen molar-refractivity contribution in [2.24, 2.45) is 5.10 Å². The Labute approximate surface area is 180 Å². The van der Waals surface area contributed by atoms with Gasteiger partial charge >= 0.3 is 5.97 Å². The summed E-state index contributed by atoms with van der Waals surface area (Å²) in [4.78, 5) is 24.7. The first-order chi connectivity index (χ1) is 15.1. The smallest absolute Gasteiger partial charge is 0.343 e. The van der Waals surface area contributed by atoms with Gasteiger partial charge in [0.1, 0.15) is 5.75 Å². The maximum Gasteiger partial charge on any atom is 0.343 e. The number of nitrogens with one attached hydrogen (secondary N) is 1. The van der Waals surface area contributed by atoms with Crippen molar-refractivity contribution in [3.63, 3.8) is 0 Å². The van der Waals surface area contributed by atoms with E-state index in [9.17, 15) is 9.59 Å². The van der Waals surface area contributed by atoms with Gasteiger partial charge in [-0.15, -0.1) is 0 Å². The van der Waals surface area contributed by atoms with Crippen LogP contribution in [0.25, 0.3) is 10.8 Å². The van der Waals surface area contributed by atoms with Crippen LogP contribution < -0.4 is 10.2 Å². The molecule has 1 N–H and O–H groups in total. The summed E-state index contributed by atoms with van der Waals surface area (Å²) in [6.45, 7) is 1.92. The van der Waals surface area contributed by atoms with E-state index in [2.05, 4.69) is 10.5 Å². The number of benzene rings is 4. The number of carbonyl (C=O) groups excluding carboxylic acids is 2. The molecular weight excluding hydrogens is 388 g/mol. The van der Waals surface area contributed by atoms with Gasteiger partial charge in [-0.1, -0.05) is 54.1 Å². The highest BCUT2D eigenvalue weighted by molar-refractivity contribution is 6.07. The lowest BCUT2D eigenvalue weighted by molar-refractivity contribution is 0.0734. The molecule has 0 aliphatic rings. The summed E-state index contributed by atoms with van der Waals surface area (Å²) >= 11 is 0. The number of hydrazone groups is 1. The lowest BCUT2D eigenvalue weighted by Crippen LogP contribution is -2.17. The maximum atomic E-state index is 12.5. The van der Waals surface area contributed by atoms with Gasteiger partial charge in [-0.2, -0.15) is 5.10 Å². The fourth-order valence-electron chi connectivity index (χ4n) is 3.21. The molecule has 0 aliphatic heterocycles. The zero-order valence-electron chi connectivity index (χ0n) is 16.9. The van der Waals surface area contributed by atoms with Gasteiger partial charge in [-0.25, -0.2) is 10.2 Å². The number of ether oxygens (including phenoxy) is 1. The normalized spacial score (nSPS) is 10.9. The lowest BCUT2D eigenvalue weighted by atomic mass is 10.0. The fraction of sp³-hybridized carbons (Fsp3) is 0.0385. The van der Waals surface area contributed by atoms with Crippen LogP contribution in [0, 0.1) is 6.92 Å². The SMILES string of the molecule is Cc1cccc(C(=O)Oc2ccc(/C=N\NC(=O)c3cccc4ccccc34)cc2)c1. The van der Waals surface area contributed by atoms with Crippen molar-refractivity contribution in [2.45, 2.75) is 6.92 Å². The molecule has 0 fully saturated rings. The van der Waals surface area contributed by atoms with Crippen LogP contribution in [-0.2, 0) is 0 Å². The molecule has 5 heteroatoms. The van der Waals surface area contributed by atoms with Crippen LogP contribution in [0.3, 0.4) is 0 Å².